The van der Waals surface area contributed by atoms with Gasteiger partial charge in [0.1, 0.15) is 4.83 Å². The van der Waals surface area contributed by atoms with Gasteiger partial charge < -0.3 is 9.64 Å². The van der Waals surface area contributed by atoms with Crippen molar-refractivity contribution in [1.29, 1.82) is 0 Å². The van der Waals surface area contributed by atoms with Gasteiger partial charge in [-0.25, -0.2) is 4.98 Å². The van der Waals surface area contributed by atoms with E-state index in [1.807, 2.05) is 4.90 Å². The fourth-order valence-electron chi connectivity index (χ4n) is 4.51. The number of ether oxygens (including phenoxy) is 1. The number of rotatable bonds is 5. The lowest BCUT2D eigenvalue weighted by molar-refractivity contribution is -0.127. The van der Waals surface area contributed by atoms with E-state index in [-0.39, 0.29) is 17.6 Å². The van der Waals surface area contributed by atoms with Crippen LogP contribution in [0.25, 0.3) is 10.2 Å². The highest BCUT2D eigenvalue weighted by atomic mass is 32.2. The maximum absolute atomic E-state index is 13.4. The minimum Gasteiger partial charge on any atom is -0.376 e. The highest BCUT2D eigenvalue weighted by Gasteiger charge is 2.26. The number of aryl methyl sites for hydroxylation is 2. The molecule has 0 bridgehead atoms. The number of thiophene rings is 1. The lowest BCUT2D eigenvalue weighted by Crippen LogP contribution is -2.31. The third-order valence-corrected chi connectivity index (χ3v) is 8.13. The number of nitrogens with zero attached hydrogens (tertiary/aromatic N) is 3. The van der Waals surface area contributed by atoms with Gasteiger partial charge in [-0.1, -0.05) is 11.8 Å². The summed E-state index contributed by atoms with van der Waals surface area (Å²) >= 11 is 3.07. The number of fused-ring (bicyclic) bond motifs is 3. The Labute approximate surface area is 172 Å². The number of hydrogen-bond acceptors (Lipinski definition) is 6. The second-order valence-electron chi connectivity index (χ2n) is 7.86. The normalized spacial score (nSPS) is 21.7. The number of amides is 1. The minimum absolute atomic E-state index is 0.0519. The maximum atomic E-state index is 13.4. The van der Waals surface area contributed by atoms with Crippen molar-refractivity contribution in [1.82, 2.24) is 14.5 Å². The zero-order valence-corrected chi connectivity index (χ0v) is 17.6. The van der Waals surface area contributed by atoms with E-state index in [2.05, 4.69) is 0 Å². The Kier molecular flexibility index (Phi) is 5.19. The Bertz CT molecular complexity index is 956. The fourth-order valence-corrected chi connectivity index (χ4v) is 6.72. The van der Waals surface area contributed by atoms with Crippen molar-refractivity contribution in [2.24, 2.45) is 0 Å². The molecule has 8 heteroatoms. The van der Waals surface area contributed by atoms with Gasteiger partial charge in [0.2, 0.25) is 5.91 Å². The zero-order valence-electron chi connectivity index (χ0n) is 15.9. The van der Waals surface area contributed by atoms with Gasteiger partial charge in [-0.2, -0.15) is 0 Å². The predicted octanol–water partition coefficient (Wildman–Crippen LogP) is 2.84. The largest absolute Gasteiger partial charge is 0.376 e. The van der Waals surface area contributed by atoms with Gasteiger partial charge in [-0.15, -0.1) is 11.3 Å². The van der Waals surface area contributed by atoms with Crippen LogP contribution in [0.15, 0.2) is 9.95 Å². The van der Waals surface area contributed by atoms with Gasteiger partial charge in [0.25, 0.3) is 5.56 Å². The summed E-state index contributed by atoms with van der Waals surface area (Å²) < 4.78 is 7.57. The summed E-state index contributed by atoms with van der Waals surface area (Å²) in [7, 11) is 0. The highest BCUT2D eigenvalue weighted by Crippen LogP contribution is 2.35. The molecule has 1 aliphatic carbocycles. The van der Waals surface area contributed by atoms with Gasteiger partial charge in [-0.3, -0.25) is 14.2 Å². The summed E-state index contributed by atoms with van der Waals surface area (Å²) in [6, 6.07) is 0. The number of likely N-dealkylation sites (tertiary alicyclic amines) is 1. The van der Waals surface area contributed by atoms with Crippen molar-refractivity contribution in [3.63, 3.8) is 0 Å². The van der Waals surface area contributed by atoms with E-state index in [0.29, 0.717) is 17.5 Å². The van der Waals surface area contributed by atoms with Crippen LogP contribution in [0.4, 0.5) is 0 Å². The number of carbonyl (C=O) groups excluding carboxylic acids is 1. The van der Waals surface area contributed by atoms with Crippen molar-refractivity contribution in [3.05, 3.63) is 20.8 Å². The Balaban J connectivity index is 1.48. The first kappa shape index (κ1) is 18.6. The van der Waals surface area contributed by atoms with Gasteiger partial charge >= 0.3 is 0 Å². The molecule has 2 aliphatic heterocycles. The van der Waals surface area contributed by atoms with Crippen LogP contribution in [-0.2, 0) is 28.9 Å². The molecule has 28 heavy (non-hydrogen) atoms. The molecule has 2 fully saturated rings. The summed E-state index contributed by atoms with van der Waals surface area (Å²) in [5, 5.41) is 1.48. The summed E-state index contributed by atoms with van der Waals surface area (Å²) in [4.78, 5) is 34.9. The molecule has 0 unspecified atom stereocenters. The molecule has 150 valence electrons. The molecule has 0 spiro atoms. The fraction of sp³-hybridized carbons (Fsp3) is 0.650. The van der Waals surface area contributed by atoms with Crippen molar-refractivity contribution in [3.8, 4) is 0 Å². The topological polar surface area (TPSA) is 64.4 Å². The molecule has 2 aromatic rings. The first-order chi connectivity index (χ1) is 13.7. The van der Waals surface area contributed by atoms with E-state index in [4.69, 9.17) is 9.72 Å². The second kappa shape index (κ2) is 7.80. The molecule has 6 nitrogen and oxygen atoms in total. The highest BCUT2D eigenvalue weighted by molar-refractivity contribution is 7.99. The summed E-state index contributed by atoms with van der Waals surface area (Å²) in [5.41, 5.74) is 1.26. The number of thioether (sulfide) groups is 1. The summed E-state index contributed by atoms with van der Waals surface area (Å²) in [6.45, 7) is 3.00. The smallest absolute Gasteiger partial charge is 0.263 e. The number of aromatic nitrogens is 2. The van der Waals surface area contributed by atoms with Crippen molar-refractivity contribution >= 4 is 39.2 Å². The van der Waals surface area contributed by atoms with E-state index >= 15 is 0 Å². The lowest BCUT2D eigenvalue weighted by Gasteiger charge is -2.17. The molecule has 1 atom stereocenters. The molecular weight excluding hydrogens is 394 g/mol. The van der Waals surface area contributed by atoms with Crippen LogP contribution in [0, 0.1) is 0 Å². The molecule has 2 aromatic heterocycles. The molecule has 3 aliphatic rings. The van der Waals surface area contributed by atoms with Gasteiger partial charge in [0.05, 0.1) is 23.8 Å². The van der Waals surface area contributed by atoms with Gasteiger partial charge in [0.15, 0.2) is 5.16 Å². The molecule has 0 radical (unpaired) electrons. The van der Waals surface area contributed by atoms with Gasteiger partial charge in [0, 0.05) is 24.6 Å². The zero-order chi connectivity index (χ0) is 19.1. The van der Waals surface area contributed by atoms with Crippen LogP contribution in [0.2, 0.25) is 0 Å². The number of hydrogen-bond donors (Lipinski definition) is 0. The summed E-state index contributed by atoms with van der Waals surface area (Å²) in [6.07, 6.45) is 7.42. The van der Waals surface area contributed by atoms with Crippen molar-refractivity contribution in [2.45, 2.75) is 62.8 Å². The molecule has 2 saturated heterocycles. The van der Waals surface area contributed by atoms with Crippen molar-refractivity contribution in [2.75, 3.05) is 25.4 Å². The molecule has 4 heterocycles. The van der Waals surface area contributed by atoms with Crippen LogP contribution in [0.3, 0.4) is 0 Å². The molecular formula is C20H25N3O3S2. The number of carbonyl (C=O) groups is 1. The lowest BCUT2D eigenvalue weighted by atomic mass is 10.2. The van der Waals surface area contributed by atoms with E-state index in [1.165, 1.54) is 22.2 Å². The predicted molar refractivity (Wildman–Crippen MR) is 111 cm³/mol. The van der Waals surface area contributed by atoms with Crippen LogP contribution >= 0.6 is 23.1 Å². The molecule has 0 N–H and O–H groups in total. The Morgan fingerprint density at radius 3 is 2.86 bits per heavy atom. The molecule has 0 aromatic carbocycles. The Hall–Kier alpha value is -1.38. The molecule has 1 amide bonds. The average molecular weight is 420 g/mol. The van der Waals surface area contributed by atoms with Crippen LogP contribution in [-0.4, -0.2) is 51.9 Å². The van der Waals surface area contributed by atoms with Crippen molar-refractivity contribution < 1.29 is 9.53 Å². The van der Waals surface area contributed by atoms with Crippen LogP contribution < -0.4 is 5.56 Å². The van der Waals surface area contributed by atoms with Gasteiger partial charge in [-0.05, 0) is 50.5 Å². The van der Waals surface area contributed by atoms with E-state index in [1.54, 1.807) is 15.9 Å². The monoisotopic (exact) mass is 419 g/mol. The van der Waals surface area contributed by atoms with Crippen LogP contribution in [0.5, 0.6) is 0 Å². The quantitative estimate of drug-likeness (QED) is 0.551. The minimum atomic E-state index is 0.0519. The third-order valence-electron chi connectivity index (χ3n) is 5.98. The van der Waals surface area contributed by atoms with Crippen LogP contribution in [0.1, 0.15) is 42.5 Å². The third kappa shape index (κ3) is 3.39. The Morgan fingerprint density at radius 2 is 2.07 bits per heavy atom. The van der Waals surface area contributed by atoms with E-state index < -0.39 is 0 Å². The summed E-state index contributed by atoms with van der Waals surface area (Å²) in [5.74, 6) is 0.489. The SMILES string of the molecule is O=C(CSc1nc2sc3c(c2c(=O)n1C[C@@H]1CCCO1)CCC3)N1CCCC1. The average Bonchev–Trinajstić information content (AvgIpc) is 3.46. The molecule has 0 saturated carbocycles. The van der Waals surface area contributed by atoms with E-state index in [0.717, 1.165) is 74.9 Å². The maximum Gasteiger partial charge on any atom is 0.263 e. The first-order valence-corrected chi connectivity index (χ1v) is 12.1. The second-order valence-corrected chi connectivity index (χ2v) is 9.89. The standard InChI is InChI=1S/C20H25N3O3S2/c24-16(22-8-1-2-9-22)12-27-20-21-18-17(14-6-3-7-15(14)28-18)19(25)23(20)11-13-5-4-10-26-13/h13H,1-12H2/t13-/m0/s1. The molecule has 5 rings (SSSR count). The van der Waals surface area contributed by atoms with E-state index in [9.17, 15) is 9.59 Å². The first-order valence-electron chi connectivity index (χ1n) is 10.3. The Morgan fingerprint density at radius 1 is 1.21 bits per heavy atom.